The van der Waals surface area contributed by atoms with Gasteiger partial charge in [0.1, 0.15) is 11.3 Å². The van der Waals surface area contributed by atoms with Gasteiger partial charge in [0.2, 0.25) is 0 Å². The van der Waals surface area contributed by atoms with Crippen LogP contribution in [0.25, 0.3) is 0 Å². The van der Waals surface area contributed by atoms with Crippen molar-refractivity contribution in [3.8, 4) is 0 Å². The molecular weight excluding hydrogens is 330 g/mol. The lowest BCUT2D eigenvalue weighted by molar-refractivity contribution is -0.123. The van der Waals surface area contributed by atoms with Gasteiger partial charge in [0, 0.05) is 24.6 Å². The Morgan fingerprint density at radius 2 is 2.15 bits per heavy atom. The number of hydrogen-bond acceptors (Lipinski definition) is 4. The summed E-state index contributed by atoms with van der Waals surface area (Å²) in [6, 6.07) is 10.1. The smallest absolute Gasteiger partial charge is 0.274 e. The van der Waals surface area contributed by atoms with Crippen LogP contribution < -0.4 is 0 Å². The fourth-order valence-corrected chi connectivity index (χ4v) is 3.57. The summed E-state index contributed by atoms with van der Waals surface area (Å²) in [5, 5.41) is 17.2. The molecule has 1 amide bonds. The Hall–Kier alpha value is -2.18. The number of hydrogen-bond donors (Lipinski definition) is 2. The maximum absolute atomic E-state index is 12.9. The lowest BCUT2D eigenvalue weighted by Gasteiger charge is -2.41. The molecular formula is C20H25N3O3. The summed E-state index contributed by atoms with van der Waals surface area (Å²) in [5.41, 5.74) is 3.03. The second-order valence-electron chi connectivity index (χ2n) is 7.56. The van der Waals surface area contributed by atoms with Crippen LogP contribution in [-0.4, -0.2) is 58.0 Å². The molecule has 4 rings (SSSR count). The van der Waals surface area contributed by atoms with Crippen molar-refractivity contribution in [2.24, 2.45) is 0 Å². The molecule has 0 radical (unpaired) electrons. The molecule has 1 saturated carbocycles. The van der Waals surface area contributed by atoms with Crippen LogP contribution in [0.4, 0.5) is 0 Å². The molecule has 1 saturated heterocycles. The number of rotatable bonds is 5. The van der Waals surface area contributed by atoms with Gasteiger partial charge < -0.3 is 14.7 Å². The van der Waals surface area contributed by atoms with Gasteiger partial charge in [-0.05, 0) is 31.4 Å². The first-order valence-corrected chi connectivity index (χ1v) is 9.23. The highest BCUT2D eigenvalue weighted by molar-refractivity contribution is 5.92. The fourth-order valence-electron chi connectivity index (χ4n) is 3.57. The molecule has 26 heavy (non-hydrogen) atoms. The van der Waals surface area contributed by atoms with E-state index in [4.69, 9.17) is 4.74 Å². The highest BCUT2D eigenvalue weighted by atomic mass is 16.5. The first-order chi connectivity index (χ1) is 12.6. The summed E-state index contributed by atoms with van der Waals surface area (Å²) in [4.78, 5) is 14.6. The van der Waals surface area contributed by atoms with Crippen LogP contribution in [0.15, 0.2) is 30.3 Å². The third-order valence-electron chi connectivity index (χ3n) is 5.30. The number of carbonyl (C=O) groups is 1. The molecule has 0 spiro atoms. The Morgan fingerprint density at radius 1 is 1.38 bits per heavy atom. The first-order valence-electron chi connectivity index (χ1n) is 9.23. The minimum atomic E-state index is -0.765. The summed E-state index contributed by atoms with van der Waals surface area (Å²) in [6.07, 6.45) is 2.90. The number of nitrogens with zero attached hydrogens (tertiary/aromatic N) is 2. The average molecular weight is 355 g/mol. The third kappa shape index (κ3) is 3.52. The Kier molecular flexibility index (Phi) is 4.54. The SMILES string of the molecule is Cc1ccc(CC2(CO)CN(C(=O)c3cc(C4CC4)[nH]n3)CCO2)cc1. The second kappa shape index (κ2) is 6.85. The topological polar surface area (TPSA) is 78.5 Å². The maximum atomic E-state index is 12.9. The van der Waals surface area contributed by atoms with Gasteiger partial charge in [0.25, 0.3) is 5.91 Å². The fraction of sp³-hybridized carbons (Fsp3) is 0.500. The van der Waals surface area contributed by atoms with Crippen LogP contribution in [0.3, 0.4) is 0 Å². The molecule has 0 bridgehead atoms. The zero-order valence-electron chi connectivity index (χ0n) is 15.1. The van der Waals surface area contributed by atoms with Gasteiger partial charge in [-0.25, -0.2) is 0 Å². The molecule has 6 heteroatoms. The van der Waals surface area contributed by atoms with Crippen LogP contribution >= 0.6 is 0 Å². The normalized spacial score (nSPS) is 23.2. The van der Waals surface area contributed by atoms with E-state index < -0.39 is 5.60 Å². The van der Waals surface area contributed by atoms with Crippen LogP contribution in [0.1, 0.15) is 46.1 Å². The van der Waals surface area contributed by atoms with E-state index in [0.29, 0.717) is 37.7 Å². The standard InChI is InChI=1S/C20H25N3O3/c1-14-2-4-15(5-3-14)11-20(13-24)12-23(8-9-26-20)19(25)18-10-17(21-22-18)16-6-7-16/h2-5,10,16,24H,6-9,11-13H2,1H3,(H,21,22). The zero-order chi connectivity index (χ0) is 18.1. The van der Waals surface area contributed by atoms with Gasteiger partial charge in [0.05, 0.1) is 19.8 Å². The maximum Gasteiger partial charge on any atom is 0.274 e. The quantitative estimate of drug-likeness (QED) is 0.860. The van der Waals surface area contributed by atoms with Crippen molar-refractivity contribution in [3.05, 3.63) is 52.8 Å². The van der Waals surface area contributed by atoms with Gasteiger partial charge in [-0.15, -0.1) is 0 Å². The number of aliphatic hydroxyl groups excluding tert-OH is 1. The number of morpholine rings is 1. The molecule has 1 aliphatic heterocycles. The van der Waals surface area contributed by atoms with Gasteiger partial charge in [0.15, 0.2) is 0 Å². The zero-order valence-corrected chi connectivity index (χ0v) is 15.1. The lowest BCUT2D eigenvalue weighted by atomic mass is 9.92. The molecule has 1 unspecified atom stereocenters. The summed E-state index contributed by atoms with van der Waals surface area (Å²) in [7, 11) is 0. The van der Waals surface area contributed by atoms with E-state index in [9.17, 15) is 9.90 Å². The number of ether oxygens (including phenoxy) is 1. The van der Waals surface area contributed by atoms with Crippen LogP contribution in [0, 0.1) is 6.92 Å². The minimum absolute atomic E-state index is 0.0989. The first kappa shape index (κ1) is 17.2. The summed E-state index contributed by atoms with van der Waals surface area (Å²) in [6.45, 7) is 3.21. The van der Waals surface area contributed by atoms with E-state index in [-0.39, 0.29) is 12.5 Å². The van der Waals surface area contributed by atoms with E-state index in [1.807, 2.05) is 25.1 Å². The Morgan fingerprint density at radius 3 is 2.85 bits per heavy atom. The average Bonchev–Trinajstić information content (AvgIpc) is 3.40. The number of H-pyrrole nitrogens is 1. The number of aromatic nitrogens is 2. The third-order valence-corrected chi connectivity index (χ3v) is 5.30. The second-order valence-corrected chi connectivity index (χ2v) is 7.56. The summed E-state index contributed by atoms with van der Waals surface area (Å²) < 4.78 is 5.95. The van der Waals surface area contributed by atoms with E-state index >= 15 is 0 Å². The van der Waals surface area contributed by atoms with E-state index in [1.165, 1.54) is 5.56 Å². The number of aliphatic hydroxyl groups is 1. The van der Waals surface area contributed by atoms with Gasteiger partial charge in [-0.1, -0.05) is 29.8 Å². The molecule has 2 aliphatic rings. The van der Waals surface area contributed by atoms with Gasteiger partial charge >= 0.3 is 0 Å². The number of amides is 1. The van der Waals surface area contributed by atoms with E-state index in [2.05, 4.69) is 22.3 Å². The van der Waals surface area contributed by atoms with E-state index in [1.54, 1.807) is 4.90 Å². The Balaban J connectivity index is 1.48. The predicted molar refractivity (Wildman–Crippen MR) is 97.1 cm³/mol. The Labute approximate surface area is 153 Å². The molecule has 1 aliphatic carbocycles. The van der Waals surface area contributed by atoms with Crippen molar-refractivity contribution in [2.75, 3.05) is 26.3 Å². The van der Waals surface area contributed by atoms with Crippen molar-refractivity contribution >= 4 is 5.91 Å². The molecule has 2 aromatic rings. The molecule has 138 valence electrons. The van der Waals surface area contributed by atoms with Crippen molar-refractivity contribution < 1.29 is 14.6 Å². The van der Waals surface area contributed by atoms with Crippen LogP contribution in [0.2, 0.25) is 0 Å². The minimum Gasteiger partial charge on any atom is -0.393 e. The number of benzene rings is 1. The largest absolute Gasteiger partial charge is 0.393 e. The summed E-state index contributed by atoms with van der Waals surface area (Å²) >= 11 is 0. The Bertz CT molecular complexity index is 782. The molecule has 2 N–H and O–H groups in total. The number of aryl methyl sites for hydroxylation is 1. The van der Waals surface area contributed by atoms with Gasteiger partial charge in [-0.3, -0.25) is 9.89 Å². The van der Waals surface area contributed by atoms with Crippen LogP contribution in [0.5, 0.6) is 0 Å². The monoisotopic (exact) mass is 355 g/mol. The predicted octanol–water partition coefficient (Wildman–Crippen LogP) is 2.04. The highest BCUT2D eigenvalue weighted by Crippen LogP contribution is 2.39. The molecule has 2 fully saturated rings. The van der Waals surface area contributed by atoms with Crippen molar-refractivity contribution in [3.63, 3.8) is 0 Å². The van der Waals surface area contributed by atoms with Crippen molar-refractivity contribution in [1.29, 1.82) is 0 Å². The van der Waals surface area contributed by atoms with Gasteiger partial charge in [-0.2, -0.15) is 5.10 Å². The number of carbonyl (C=O) groups excluding carboxylic acids is 1. The molecule has 1 aromatic heterocycles. The lowest BCUT2D eigenvalue weighted by Crippen LogP contribution is -2.56. The molecule has 2 heterocycles. The number of aromatic amines is 1. The molecule has 6 nitrogen and oxygen atoms in total. The molecule has 1 aromatic carbocycles. The highest BCUT2D eigenvalue weighted by Gasteiger charge is 2.39. The number of nitrogens with one attached hydrogen (secondary N) is 1. The van der Waals surface area contributed by atoms with Crippen LogP contribution in [-0.2, 0) is 11.2 Å². The van der Waals surface area contributed by atoms with Crippen molar-refractivity contribution in [1.82, 2.24) is 15.1 Å². The van der Waals surface area contributed by atoms with Crippen molar-refractivity contribution in [2.45, 2.75) is 37.7 Å². The van der Waals surface area contributed by atoms with E-state index in [0.717, 1.165) is 24.1 Å². The summed E-state index contributed by atoms with van der Waals surface area (Å²) in [5.74, 6) is 0.435. The molecule has 1 atom stereocenters.